The van der Waals surface area contributed by atoms with Crippen molar-refractivity contribution in [3.8, 4) is 0 Å². The Morgan fingerprint density at radius 1 is 1.47 bits per heavy atom. The molecule has 0 bridgehead atoms. The number of pyridine rings is 1. The van der Waals surface area contributed by atoms with Crippen LogP contribution in [0.1, 0.15) is 16.8 Å². The van der Waals surface area contributed by atoms with Gasteiger partial charge in [0.05, 0.1) is 12.0 Å². The smallest absolute Gasteiger partial charge is 0.253 e. The van der Waals surface area contributed by atoms with Crippen LogP contribution in [0, 0.1) is 6.92 Å². The van der Waals surface area contributed by atoms with E-state index in [9.17, 15) is 4.79 Å². The van der Waals surface area contributed by atoms with Crippen LogP contribution in [-0.2, 0) is 6.42 Å². The van der Waals surface area contributed by atoms with Crippen molar-refractivity contribution in [2.45, 2.75) is 13.3 Å². The minimum atomic E-state index is -0.0797. The standard InChI is InChI=1S/C11H11N3O/c1-8-10(13-7-14-11(8)15)5-9-3-2-4-12-6-9/h2-4,6-7H,5H2,1H3,(H,13,14,15). The van der Waals surface area contributed by atoms with Crippen LogP contribution in [-0.4, -0.2) is 15.0 Å². The summed E-state index contributed by atoms with van der Waals surface area (Å²) in [5.41, 5.74) is 2.44. The van der Waals surface area contributed by atoms with Crippen molar-refractivity contribution in [2.24, 2.45) is 0 Å². The third-order valence-corrected chi connectivity index (χ3v) is 2.28. The average molecular weight is 201 g/mol. The van der Waals surface area contributed by atoms with Gasteiger partial charge in [-0.3, -0.25) is 9.78 Å². The topological polar surface area (TPSA) is 58.6 Å². The first-order chi connectivity index (χ1) is 7.27. The molecule has 0 amide bonds. The fourth-order valence-corrected chi connectivity index (χ4v) is 1.38. The van der Waals surface area contributed by atoms with Crippen LogP contribution in [0.25, 0.3) is 0 Å². The largest absolute Gasteiger partial charge is 0.313 e. The Kier molecular flexibility index (Phi) is 2.58. The van der Waals surface area contributed by atoms with E-state index in [1.807, 2.05) is 12.1 Å². The monoisotopic (exact) mass is 201 g/mol. The molecule has 0 radical (unpaired) electrons. The van der Waals surface area contributed by atoms with E-state index in [2.05, 4.69) is 15.0 Å². The molecular formula is C11H11N3O. The fraction of sp³-hybridized carbons (Fsp3) is 0.182. The highest BCUT2D eigenvalue weighted by Crippen LogP contribution is 2.06. The molecule has 0 saturated carbocycles. The summed E-state index contributed by atoms with van der Waals surface area (Å²) in [5.74, 6) is 0. The Morgan fingerprint density at radius 2 is 2.33 bits per heavy atom. The third-order valence-electron chi connectivity index (χ3n) is 2.28. The van der Waals surface area contributed by atoms with Crippen molar-refractivity contribution in [1.29, 1.82) is 0 Å². The first-order valence-corrected chi connectivity index (χ1v) is 4.69. The summed E-state index contributed by atoms with van der Waals surface area (Å²) in [6, 6.07) is 3.84. The van der Waals surface area contributed by atoms with Crippen molar-refractivity contribution in [1.82, 2.24) is 15.0 Å². The summed E-state index contributed by atoms with van der Waals surface area (Å²) in [5, 5.41) is 0. The maximum Gasteiger partial charge on any atom is 0.253 e. The van der Waals surface area contributed by atoms with E-state index in [4.69, 9.17) is 0 Å². The highest BCUT2D eigenvalue weighted by molar-refractivity contribution is 5.22. The van der Waals surface area contributed by atoms with Crippen molar-refractivity contribution in [3.05, 3.63) is 58.0 Å². The van der Waals surface area contributed by atoms with Crippen molar-refractivity contribution in [2.75, 3.05) is 0 Å². The molecule has 1 N–H and O–H groups in total. The third kappa shape index (κ3) is 2.10. The fourth-order valence-electron chi connectivity index (χ4n) is 1.38. The first-order valence-electron chi connectivity index (χ1n) is 4.69. The number of nitrogens with one attached hydrogen (secondary N) is 1. The van der Waals surface area contributed by atoms with Crippen LogP contribution < -0.4 is 5.56 Å². The lowest BCUT2D eigenvalue weighted by Crippen LogP contribution is -2.13. The molecule has 4 heteroatoms. The summed E-state index contributed by atoms with van der Waals surface area (Å²) in [6.07, 6.45) is 5.58. The van der Waals surface area contributed by atoms with Gasteiger partial charge in [0.15, 0.2) is 0 Å². The van der Waals surface area contributed by atoms with Gasteiger partial charge in [-0.15, -0.1) is 0 Å². The second-order valence-electron chi connectivity index (χ2n) is 3.34. The van der Waals surface area contributed by atoms with Crippen LogP contribution in [0.2, 0.25) is 0 Å². The second-order valence-corrected chi connectivity index (χ2v) is 3.34. The van der Waals surface area contributed by atoms with E-state index in [1.165, 1.54) is 6.33 Å². The molecule has 76 valence electrons. The molecule has 0 fully saturated rings. The summed E-state index contributed by atoms with van der Waals surface area (Å²) >= 11 is 0. The summed E-state index contributed by atoms with van der Waals surface area (Å²) in [6.45, 7) is 1.78. The molecule has 2 rings (SSSR count). The van der Waals surface area contributed by atoms with Gasteiger partial charge in [0.2, 0.25) is 0 Å². The molecule has 0 unspecified atom stereocenters. The summed E-state index contributed by atoms with van der Waals surface area (Å²) in [4.78, 5) is 22.0. The van der Waals surface area contributed by atoms with Crippen LogP contribution in [0.15, 0.2) is 35.6 Å². The summed E-state index contributed by atoms with van der Waals surface area (Å²) in [7, 11) is 0. The van der Waals surface area contributed by atoms with E-state index in [0.29, 0.717) is 12.0 Å². The molecule has 0 spiro atoms. The van der Waals surface area contributed by atoms with E-state index < -0.39 is 0 Å². The first kappa shape index (κ1) is 9.58. The van der Waals surface area contributed by atoms with E-state index >= 15 is 0 Å². The number of H-pyrrole nitrogens is 1. The Balaban J connectivity index is 2.33. The molecule has 2 aromatic heterocycles. The lowest BCUT2D eigenvalue weighted by Gasteiger charge is -2.02. The average Bonchev–Trinajstić information content (AvgIpc) is 2.26. The number of rotatable bonds is 2. The molecule has 15 heavy (non-hydrogen) atoms. The summed E-state index contributed by atoms with van der Waals surface area (Å²) < 4.78 is 0. The maximum atomic E-state index is 11.3. The maximum absolute atomic E-state index is 11.3. The number of nitrogens with zero attached hydrogens (tertiary/aromatic N) is 2. The minimum absolute atomic E-state index is 0.0797. The lowest BCUT2D eigenvalue weighted by atomic mass is 10.1. The van der Waals surface area contributed by atoms with Gasteiger partial charge in [-0.05, 0) is 18.6 Å². The number of aromatic nitrogens is 3. The Morgan fingerprint density at radius 3 is 3.07 bits per heavy atom. The van der Waals surface area contributed by atoms with Gasteiger partial charge >= 0.3 is 0 Å². The van der Waals surface area contributed by atoms with Gasteiger partial charge in [-0.1, -0.05) is 6.07 Å². The van der Waals surface area contributed by atoms with Gasteiger partial charge in [0, 0.05) is 24.4 Å². The zero-order valence-corrected chi connectivity index (χ0v) is 8.40. The Labute approximate surface area is 87.0 Å². The molecule has 0 aliphatic heterocycles. The molecule has 0 atom stereocenters. The number of hydrogen-bond acceptors (Lipinski definition) is 3. The SMILES string of the molecule is Cc1c(Cc2cccnc2)nc[nH]c1=O. The van der Waals surface area contributed by atoms with Crippen LogP contribution in [0.5, 0.6) is 0 Å². The molecule has 4 nitrogen and oxygen atoms in total. The highest BCUT2D eigenvalue weighted by atomic mass is 16.1. The second kappa shape index (κ2) is 4.04. The lowest BCUT2D eigenvalue weighted by molar-refractivity contribution is 0.964. The highest BCUT2D eigenvalue weighted by Gasteiger charge is 2.04. The predicted molar refractivity (Wildman–Crippen MR) is 56.6 cm³/mol. The van der Waals surface area contributed by atoms with E-state index in [1.54, 1.807) is 19.3 Å². The molecule has 0 aromatic carbocycles. The van der Waals surface area contributed by atoms with Gasteiger partial charge < -0.3 is 4.98 Å². The molecule has 2 heterocycles. The van der Waals surface area contributed by atoms with Crippen LogP contribution in [0.3, 0.4) is 0 Å². The number of aromatic amines is 1. The Bertz CT molecular complexity index is 505. The van der Waals surface area contributed by atoms with Crippen molar-refractivity contribution < 1.29 is 0 Å². The molecule has 0 saturated heterocycles. The molecule has 0 aliphatic carbocycles. The van der Waals surface area contributed by atoms with Crippen molar-refractivity contribution >= 4 is 0 Å². The van der Waals surface area contributed by atoms with E-state index in [0.717, 1.165) is 11.3 Å². The van der Waals surface area contributed by atoms with Gasteiger partial charge in [0.25, 0.3) is 5.56 Å². The normalized spacial score (nSPS) is 10.2. The zero-order chi connectivity index (χ0) is 10.7. The molecule has 0 aliphatic rings. The van der Waals surface area contributed by atoms with Crippen LogP contribution in [0.4, 0.5) is 0 Å². The Hall–Kier alpha value is -1.97. The zero-order valence-electron chi connectivity index (χ0n) is 8.40. The molecular weight excluding hydrogens is 190 g/mol. The minimum Gasteiger partial charge on any atom is -0.313 e. The van der Waals surface area contributed by atoms with E-state index in [-0.39, 0.29) is 5.56 Å². The number of hydrogen-bond donors (Lipinski definition) is 1. The van der Waals surface area contributed by atoms with Crippen molar-refractivity contribution in [3.63, 3.8) is 0 Å². The quantitative estimate of drug-likeness (QED) is 0.790. The predicted octanol–water partition coefficient (Wildman–Crippen LogP) is 1.06. The van der Waals surface area contributed by atoms with Gasteiger partial charge in [0.1, 0.15) is 0 Å². The molecule has 2 aromatic rings. The van der Waals surface area contributed by atoms with Gasteiger partial charge in [-0.2, -0.15) is 0 Å². The van der Waals surface area contributed by atoms with Gasteiger partial charge in [-0.25, -0.2) is 4.98 Å². The van der Waals surface area contributed by atoms with Crippen LogP contribution >= 0.6 is 0 Å².